The average molecular weight is 342 g/mol. The van der Waals surface area contributed by atoms with Crippen molar-refractivity contribution >= 4 is 11.0 Å². The summed E-state index contributed by atoms with van der Waals surface area (Å²) in [5, 5.41) is 0.671. The van der Waals surface area contributed by atoms with Crippen molar-refractivity contribution in [2.75, 3.05) is 7.11 Å². The Morgan fingerprint density at radius 1 is 1.12 bits per heavy atom. The summed E-state index contributed by atoms with van der Waals surface area (Å²) in [6.45, 7) is 0. The van der Waals surface area contributed by atoms with Gasteiger partial charge in [0.25, 0.3) is 0 Å². The van der Waals surface area contributed by atoms with E-state index in [9.17, 15) is 8.78 Å². The van der Waals surface area contributed by atoms with Gasteiger partial charge in [-0.15, -0.1) is 0 Å². The van der Waals surface area contributed by atoms with Crippen LogP contribution in [-0.4, -0.2) is 17.1 Å². The molecule has 4 rings (SSSR count). The maximum atomic E-state index is 14.7. The lowest BCUT2D eigenvalue weighted by Gasteiger charge is -2.20. The number of hydrogen-bond donors (Lipinski definition) is 1. The van der Waals surface area contributed by atoms with Crippen LogP contribution < -0.4 is 4.74 Å². The number of halogens is 2. The van der Waals surface area contributed by atoms with Crippen LogP contribution in [0.25, 0.3) is 22.2 Å². The maximum Gasteiger partial charge on any atom is 0.150 e. The van der Waals surface area contributed by atoms with Crippen molar-refractivity contribution in [3.05, 3.63) is 47.8 Å². The summed E-state index contributed by atoms with van der Waals surface area (Å²) in [6, 6.07) is 6.11. The molecule has 1 fully saturated rings. The van der Waals surface area contributed by atoms with E-state index in [1.54, 1.807) is 0 Å². The Kier molecular flexibility index (Phi) is 4.15. The van der Waals surface area contributed by atoms with E-state index in [1.165, 1.54) is 50.8 Å². The quantitative estimate of drug-likeness (QED) is 0.676. The van der Waals surface area contributed by atoms with Crippen LogP contribution in [0, 0.1) is 11.6 Å². The number of ether oxygens (including phenoxy) is 1. The van der Waals surface area contributed by atoms with E-state index in [4.69, 9.17) is 4.74 Å². The lowest BCUT2D eigenvalue weighted by molar-refractivity contribution is 0.415. The van der Waals surface area contributed by atoms with Crippen molar-refractivity contribution in [2.24, 2.45) is 0 Å². The number of aromatic nitrogens is 2. The van der Waals surface area contributed by atoms with Gasteiger partial charge >= 0.3 is 0 Å². The summed E-state index contributed by atoms with van der Waals surface area (Å²) >= 11 is 0. The zero-order valence-electron chi connectivity index (χ0n) is 14.1. The van der Waals surface area contributed by atoms with Gasteiger partial charge in [-0.25, -0.2) is 13.8 Å². The molecule has 3 nitrogen and oxygen atoms in total. The van der Waals surface area contributed by atoms with E-state index in [0.29, 0.717) is 33.8 Å². The molecule has 0 bridgehead atoms. The van der Waals surface area contributed by atoms with Gasteiger partial charge in [0.2, 0.25) is 0 Å². The third kappa shape index (κ3) is 2.88. The second-order valence-electron chi connectivity index (χ2n) is 6.65. The fourth-order valence-corrected chi connectivity index (χ4v) is 3.85. The predicted octanol–water partition coefficient (Wildman–Crippen LogP) is 5.56. The molecule has 1 aliphatic carbocycles. The summed E-state index contributed by atoms with van der Waals surface area (Å²) in [7, 11) is 1.50. The zero-order valence-corrected chi connectivity index (χ0v) is 14.1. The standard InChI is InChI=1S/C20H20F2N2O/c1-25-18-8-7-13(21)9-14(18)19-15-10-17(12-5-3-2-4-6-12)24-20(15)23-11-16(19)22/h7-12H,2-6H2,1H3,(H,23,24). The molecule has 0 spiro atoms. The van der Waals surface area contributed by atoms with Crippen molar-refractivity contribution < 1.29 is 13.5 Å². The number of nitrogens with one attached hydrogen (secondary N) is 1. The molecule has 0 aliphatic heterocycles. The van der Waals surface area contributed by atoms with Gasteiger partial charge in [0.05, 0.1) is 13.3 Å². The molecule has 130 valence electrons. The Bertz CT molecular complexity index is 913. The van der Waals surface area contributed by atoms with Gasteiger partial charge in [-0.1, -0.05) is 19.3 Å². The third-order valence-corrected chi connectivity index (χ3v) is 5.11. The van der Waals surface area contributed by atoms with E-state index in [-0.39, 0.29) is 0 Å². The van der Waals surface area contributed by atoms with Gasteiger partial charge < -0.3 is 9.72 Å². The molecule has 25 heavy (non-hydrogen) atoms. The molecule has 0 amide bonds. The molecule has 2 heterocycles. The molecule has 5 heteroatoms. The van der Waals surface area contributed by atoms with Gasteiger partial charge in [-0.05, 0) is 43.0 Å². The monoisotopic (exact) mass is 342 g/mol. The number of rotatable bonds is 3. The van der Waals surface area contributed by atoms with Crippen LogP contribution >= 0.6 is 0 Å². The number of benzene rings is 1. The molecule has 0 atom stereocenters. The fraction of sp³-hybridized carbons (Fsp3) is 0.350. The Labute approximate surface area is 145 Å². The van der Waals surface area contributed by atoms with Gasteiger partial charge in [0.1, 0.15) is 23.0 Å². The highest BCUT2D eigenvalue weighted by molar-refractivity contribution is 5.95. The van der Waals surface area contributed by atoms with Crippen LogP contribution in [0.2, 0.25) is 0 Å². The second kappa shape index (κ2) is 6.47. The van der Waals surface area contributed by atoms with Gasteiger partial charge in [0, 0.05) is 22.2 Å². The largest absolute Gasteiger partial charge is 0.496 e. The Balaban J connectivity index is 1.90. The van der Waals surface area contributed by atoms with Crippen LogP contribution in [0.1, 0.15) is 43.7 Å². The molecule has 2 aromatic heterocycles. The number of pyridine rings is 1. The number of aromatic amines is 1. The summed E-state index contributed by atoms with van der Waals surface area (Å²) < 4.78 is 33.8. The topological polar surface area (TPSA) is 37.9 Å². The Hall–Kier alpha value is -2.43. The van der Waals surface area contributed by atoms with Crippen molar-refractivity contribution in [3.8, 4) is 16.9 Å². The minimum absolute atomic E-state index is 0.333. The predicted molar refractivity (Wildman–Crippen MR) is 93.8 cm³/mol. The summed E-state index contributed by atoms with van der Waals surface area (Å²) in [5.74, 6) is -0.0183. The van der Waals surface area contributed by atoms with Crippen molar-refractivity contribution in [1.29, 1.82) is 0 Å². The molecule has 1 N–H and O–H groups in total. The highest BCUT2D eigenvalue weighted by Gasteiger charge is 2.22. The van der Waals surface area contributed by atoms with Crippen molar-refractivity contribution in [2.45, 2.75) is 38.0 Å². The molecule has 3 aromatic rings. The third-order valence-electron chi connectivity index (χ3n) is 5.11. The van der Waals surface area contributed by atoms with E-state index in [1.807, 2.05) is 6.07 Å². The number of fused-ring (bicyclic) bond motifs is 1. The fourth-order valence-electron chi connectivity index (χ4n) is 3.85. The van der Waals surface area contributed by atoms with Crippen molar-refractivity contribution in [1.82, 2.24) is 9.97 Å². The highest BCUT2D eigenvalue weighted by Crippen LogP contribution is 2.39. The summed E-state index contributed by atoms with van der Waals surface area (Å²) in [5.41, 5.74) is 2.45. The van der Waals surface area contributed by atoms with E-state index in [2.05, 4.69) is 9.97 Å². The van der Waals surface area contributed by atoms with Crippen LogP contribution in [0.3, 0.4) is 0 Å². The van der Waals surface area contributed by atoms with Crippen LogP contribution in [-0.2, 0) is 0 Å². The molecular formula is C20H20F2N2O. The smallest absolute Gasteiger partial charge is 0.150 e. The molecule has 0 unspecified atom stereocenters. The SMILES string of the molecule is COc1ccc(F)cc1-c1c(F)cnc2[nH]c(C3CCCCC3)cc12. The summed E-state index contributed by atoms with van der Waals surface area (Å²) in [4.78, 5) is 7.54. The minimum Gasteiger partial charge on any atom is -0.496 e. The highest BCUT2D eigenvalue weighted by atomic mass is 19.1. The first kappa shape index (κ1) is 16.1. The minimum atomic E-state index is -0.481. The van der Waals surface area contributed by atoms with Gasteiger partial charge in [0.15, 0.2) is 0 Å². The van der Waals surface area contributed by atoms with E-state index >= 15 is 0 Å². The van der Waals surface area contributed by atoms with Crippen LogP contribution in [0.15, 0.2) is 30.5 Å². The second-order valence-corrected chi connectivity index (χ2v) is 6.65. The van der Waals surface area contributed by atoms with E-state index in [0.717, 1.165) is 18.5 Å². The Morgan fingerprint density at radius 2 is 1.92 bits per heavy atom. The van der Waals surface area contributed by atoms with E-state index < -0.39 is 11.6 Å². The van der Waals surface area contributed by atoms with Crippen LogP contribution in [0.4, 0.5) is 8.78 Å². The molecule has 0 saturated heterocycles. The number of methoxy groups -OCH3 is 1. The first-order valence-corrected chi connectivity index (χ1v) is 8.68. The molecular weight excluding hydrogens is 322 g/mol. The number of H-pyrrole nitrogens is 1. The summed E-state index contributed by atoms with van der Waals surface area (Å²) in [6.07, 6.45) is 7.15. The zero-order chi connectivity index (χ0) is 17.4. The first-order chi connectivity index (χ1) is 12.2. The maximum absolute atomic E-state index is 14.7. The first-order valence-electron chi connectivity index (χ1n) is 8.68. The lowest BCUT2D eigenvalue weighted by atomic mass is 9.87. The molecule has 1 saturated carbocycles. The van der Waals surface area contributed by atoms with Crippen molar-refractivity contribution in [3.63, 3.8) is 0 Å². The number of nitrogens with zero attached hydrogens (tertiary/aromatic N) is 1. The molecule has 0 radical (unpaired) electrons. The van der Waals surface area contributed by atoms with Gasteiger partial charge in [-0.2, -0.15) is 0 Å². The van der Waals surface area contributed by atoms with Gasteiger partial charge in [-0.3, -0.25) is 0 Å². The number of hydrogen-bond acceptors (Lipinski definition) is 2. The lowest BCUT2D eigenvalue weighted by Crippen LogP contribution is -2.04. The Morgan fingerprint density at radius 3 is 2.68 bits per heavy atom. The molecule has 1 aliphatic rings. The average Bonchev–Trinajstić information content (AvgIpc) is 3.06. The normalized spacial score (nSPS) is 15.6. The van der Waals surface area contributed by atoms with Crippen LogP contribution in [0.5, 0.6) is 5.75 Å². The molecule has 1 aromatic carbocycles.